The summed E-state index contributed by atoms with van der Waals surface area (Å²) in [5.41, 5.74) is 5.66. The van der Waals surface area contributed by atoms with Gasteiger partial charge >= 0.3 is 0 Å². The molecule has 0 N–H and O–H groups in total. The predicted octanol–water partition coefficient (Wildman–Crippen LogP) is 10.3. The van der Waals surface area contributed by atoms with Gasteiger partial charge in [-0.25, -0.2) is 0 Å². The molecule has 220 valence electrons. The Morgan fingerprint density at radius 3 is 0.711 bits per heavy atom. The molecule has 0 atom stereocenters. The van der Waals surface area contributed by atoms with Crippen LogP contribution in [0.15, 0.2) is 192 Å². The monoisotopic (exact) mass is 582 g/mol. The van der Waals surface area contributed by atoms with Crippen LogP contribution in [-0.4, -0.2) is 12.4 Å². The molecule has 0 radical (unpaired) electrons. The van der Waals surface area contributed by atoms with Gasteiger partial charge < -0.3 is 0 Å². The van der Waals surface area contributed by atoms with Crippen molar-refractivity contribution in [2.75, 3.05) is 0 Å². The molecule has 6 aromatic carbocycles. The molecule has 0 saturated carbocycles. The Hall–Kier alpha value is -5.34. The number of hydrogen-bond donors (Lipinski definition) is 0. The van der Waals surface area contributed by atoms with Crippen LogP contribution in [0.1, 0.15) is 52.6 Å². The molecular weight excluding hydrogens is 544 g/mol. The second kappa shape index (κ2) is 14.4. The minimum absolute atomic E-state index is 0.624. The molecule has 2 heteroatoms. The van der Waals surface area contributed by atoms with Crippen LogP contribution in [-0.2, 0) is 11.1 Å². The summed E-state index contributed by atoms with van der Waals surface area (Å²) < 4.78 is 0. The summed E-state index contributed by atoms with van der Waals surface area (Å²) in [6, 6.07) is 63.7. The van der Waals surface area contributed by atoms with Gasteiger partial charge in [0.05, 0.1) is 0 Å². The van der Waals surface area contributed by atoms with Crippen LogP contribution in [0.2, 0.25) is 0 Å². The highest BCUT2D eigenvalue weighted by Gasteiger charge is 2.36. The van der Waals surface area contributed by atoms with E-state index in [2.05, 4.69) is 194 Å². The van der Waals surface area contributed by atoms with Gasteiger partial charge in [0, 0.05) is 12.4 Å². The molecule has 6 rings (SSSR count). The van der Waals surface area contributed by atoms with Crippen LogP contribution in [0.5, 0.6) is 0 Å². The molecular formula is C43H38N2. The zero-order valence-electron chi connectivity index (χ0n) is 25.5. The molecule has 0 saturated heterocycles. The second-order valence-corrected chi connectivity index (χ2v) is 11.2. The zero-order valence-corrected chi connectivity index (χ0v) is 25.5. The minimum Gasteiger partial charge on any atom is -0.276 e. The number of rotatable bonds is 12. The first-order valence-corrected chi connectivity index (χ1v) is 15.7. The molecule has 0 bridgehead atoms. The fraction of sp³-hybridized carbons (Fsp3) is 0.116. The molecule has 0 aliphatic rings. The lowest BCUT2D eigenvalue weighted by atomic mass is 9.77. The van der Waals surface area contributed by atoms with Gasteiger partial charge in [0.2, 0.25) is 0 Å². The lowest BCUT2D eigenvalue weighted by Gasteiger charge is -2.32. The lowest BCUT2D eigenvalue weighted by Crippen LogP contribution is -2.27. The van der Waals surface area contributed by atoms with E-state index in [9.17, 15) is 0 Å². The fourth-order valence-corrected chi connectivity index (χ4v) is 6.23. The molecule has 6 aromatic rings. The number of nitrogens with zero attached hydrogens (tertiary/aromatic N) is 2. The normalized spacial score (nSPS) is 12.1. The Morgan fingerprint density at radius 2 is 0.511 bits per heavy atom. The fourth-order valence-electron chi connectivity index (χ4n) is 6.23. The molecule has 0 aliphatic carbocycles. The van der Waals surface area contributed by atoms with E-state index < -0.39 is 11.1 Å². The third kappa shape index (κ3) is 6.32. The summed E-state index contributed by atoms with van der Waals surface area (Å²) in [4.78, 5) is 10.8. The van der Waals surface area contributed by atoms with Crippen LogP contribution in [0, 0.1) is 0 Å². The average molecular weight is 583 g/mol. The molecule has 0 aliphatic heterocycles. The summed E-state index contributed by atoms with van der Waals surface area (Å²) >= 11 is 0. The lowest BCUT2D eigenvalue weighted by molar-refractivity contribution is 0.653. The summed E-state index contributed by atoms with van der Waals surface area (Å²) in [7, 11) is 0. The summed E-state index contributed by atoms with van der Waals surface area (Å²) in [5.74, 6) is 0. The van der Waals surface area contributed by atoms with Crippen molar-refractivity contribution in [2.24, 2.45) is 9.98 Å². The Balaban J connectivity index is 1.29. The molecule has 45 heavy (non-hydrogen) atoms. The second-order valence-electron chi connectivity index (χ2n) is 11.2. The van der Waals surface area contributed by atoms with Gasteiger partial charge in [0.1, 0.15) is 11.1 Å². The van der Waals surface area contributed by atoms with E-state index in [0.717, 1.165) is 52.6 Å². The first kappa shape index (κ1) is 29.7. The largest absolute Gasteiger partial charge is 0.276 e. The van der Waals surface area contributed by atoms with Gasteiger partial charge in [-0.15, -0.1) is 0 Å². The number of unbranched alkanes of at least 4 members (excludes halogenated alkanes) is 2. The van der Waals surface area contributed by atoms with E-state index in [4.69, 9.17) is 9.98 Å². The van der Waals surface area contributed by atoms with E-state index >= 15 is 0 Å². The zero-order chi connectivity index (χ0) is 30.6. The van der Waals surface area contributed by atoms with Crippen LogP contribution in [0.4, 0.5) is 0 Å². The molecule has 2 nitrogen and oxygen atoms in total. The van der Waals surface area contributed by atoms with Crippen molar-refractivity contribution in [2.45, 2.75) is 30.3 Å². The quantitative estimate of drug-likeness (QED) is 0.0779. The summed E-state index contributed by atoms with van der Waals surface area (Å²) in [5, 5.41) is 0. The molecule has 0 unspecified atom stereocenters. The van der Waals surface area contributed by atoms with Crippen molar-refractivity contribution >= 4 is 12.4 Å². The van der Waals surface area contributed by atoms with E-state index in [1.54, 1.807) is 0 Å². The molecule has 0 amide bonds. The van der Waals surface area contributed by atoms with Gasteiger partial charge in [0.15, 0.2) is 0 Å². The first-order chi connectivity index (χ1) is 22.3. The van der Waals surface area contributed by atoms with Gasteiger partial charge in [-0.2, -0.15) is 0 Å². The van der Waals surface area contributed by atoms with Crippen LogP contribution < -0.4 is 0 Å². The van der Waals surface area contributed by atoms with E-state index in [-0.39, 0.29) is 0 Å². The number of aliphatic imine (C=N–C) groups is 2. The smallest absolute Gasteiger partial charge is 0.135 e. The van der Waals surface area contributed by atoms with E-state index in [0.29, 0.717) is 0 Å². The maximum Gasteiger partial charge on any atom is 0.135 e. The van der Waals surface area contributed by atoms with Crippen molar-refractivity contribution in [3.05, 3.63) is 215 Å². The Labute approximate surface area is 267 Å². The van der Waals surface area contributed by atoms with E-state index in [1.165, 1.54) is 0 Å². The van der Waals surface area contributed by atoms with Crippen molar-refractivity contribution in [3.63, 3.8) is 0 Å². The maximum absolute atomic E-state index is 5.39. The van der Waals surface area contributed by atoms with Gasteiger partial charge in [-0.3, -0.25) is 9.98 Å². The van der Waals surface area contributed by atoms with Crippen LogP contribution in [0.3, 0.4) is 0 Å². The third-order valence-corrected chi connectivity index (χ3v) is 8.39. The molecule has 0 spiro atoms. The molecule has 0 fully saturated rings. The van der Waals surface area contributed by atoms with Gasteiger partial charge in [0.25, 0.3) is 0 Å². The standard InChI is InChI=1S/C43H38N2/c1-8-22-36(23-9-1)42(37-24-10-2-11-25-37,38-26-12-3-13-27-38)44-34-20-7-21-35-45-43(39-28-14-4-15-29-39,40-30-16-5-17-31-40)41-32-18-6-19-33-41/h1-6,8-19,22-35H,7,20-21H2. The summed E-state index contributed by atoms with van der Waals surface area (Å²) in [6.07, 6.45) is 6.85. The first-order valence-electron chi connectivity index (χ1n) is 15.7. The minimum atomic E-state index is -0.624. The molecule has 0 aromatic heterocycles. The van der Waals surface area contributed by atoms with E-state index in [1.807, 2.05) is 0 Å². The highest BCUT2D eigenvalue weighted by Crippen LogP contribution is 2.41. The molecule has 0 heterocycles. The highest BCUT2D eigenvalue weighted by molar-refractivity contribution is 5.66. The third-order valence-electron chi connectivity index (χ3n) is 8.39. The van der Waals surface area contributed by atoms with Crippen LogP contribution >= 0.6 is 0 Å². The Morgan fingerprint density at radius 1 is 0.311 bits per heavy atom. The highest BCUT2D eigenvalue weighted by atomic mass is 14.9. The maximum atomic E-state index is 5.39. The number of benzene rings is 6. The average Bonchev–Trinajstić information content (AvgIpc) is 3.13. The SMILES string of the molecule is C(CCCC=NC(c1ccccc1)(c1ccccc1)c1ccccc1)=NC(c1ccccc1)(c1ccccc1)c1ccccc1. The Kier molecular flexibility index (Phi) is 9.52. The van der Waals surface area contributed by atoms with Crippen molar-refractivity contribution in [1.82, 2.24) is 0 Å². The number of hydrogen-bond acceptors (Lipinski definition) is 2. The van der Waals surface area contributed by atoms with Crippen molar-refractivity contribution < 1.29 is 0 Å². The van der Waals surface area contributed by atoms with Crippen molar-refractivity contribution in [3.8, 4) is 0 Å². The van der Waals surface area contributed by atoms with Crippen LogP contribution in [0.25, 0.3) is 0 Å². The van der Waals surface area contributed by atoms with Gasteiger partial charge in [-0.05, 0) is 52.6 Å². The topological polar surface area (TPSA) is 24.7 Å². The predicted molar refractivity (Wildman–Crippen MR) is 189 cm³/mol. The van der Waals surface area contributed by atoms with Crippen molar-refractivity contribution in [1.29, 1.82) is 0 Å². The summed E-state index contributed by atoms with van der Waals surface area (Å²) in [6.45, 7) is 0. The van der Waals surface area contributed by atoms with Gasteiger partial charge in [-0.1, -0.05) is 182 Å². The Bertz CT molecular complexity index is 1450.